The van der Waals surface area contributed by atoms with E-state index in [1.807, 2.05) is 38.1 Å². The minimum Gasteiger partial charge on any atom is -0.496 e. The Kier molecular flexibility index (Phi) is 4.74. The maximum absolute atomic E-state index is 12.5. The van der Waals surface area contributed by atoms with E-state index in [0.29, 0.717) is 24.3 Å². The van der Waals surface area contributed by atoms with E-state index in [0.717, 1.165) is 11.3 Å². The van der Waals surface area contributed by atoms with Crippen molar-refractivity contribution >= 4 is 17.5 Å². The number of hydrogen-bond donors (Lipinski definition) is 1. The Morgan fingerprint density at radius 2 is 1.92 bits per heavy atom. The smallest absolute Gasteiger partial charge is 0.255 e. The zero-order valence-corrected chi connectivity index (χ0v) is 14.7. The second-order valence-electron chi connectivity index (χ2n) is 6.35. The van der Waals surface area contributed by atoms with Gasteiger partial charge in [0.05, 0.1) is 18.7 Å². The van der Waals surface area contributed by atoms with Gasteiger partial charge in [-0.05, 0) is 49.2 Å². The second kappa shape index (κ2) is 6.97. The molecule has 2 aromatic carbocycles. The van der Waals surface area contributed by atoms with E-state index in [4.69, 9.17) is 4.74 Å². The standard InChI is InChI=1S/C20H22N2O3/c1-13-8-9-16(10-14(13)2)22-12-15(11-19(22)23)21-20(24)17-6-4-5-7-18(17)25-3/h4-10,15H,11-12H2,1-3H3,(H,21,24)/t15-/m1/s1. The van der Waals surface area contributed by atoms with E-state index < -0.39 is 0 Å². The van der Waals surface area contributed by atoms with E-state index in [-0.39, 0.29) is 17.9 Å². The largest absolute Gasteiger partial charge is 0.496 e. The Labute approximate surface area is 147 Å². The molecule has 1 saturated heterocycles. The van der Waals surface area contributed by atoms with E-state index in [1.165, 1.54) is 12.7 Å². The van der Waals surface area contributed by atoms with Gasteiger partial charge in [0.25, 0.3) is 5.91 Å². The highest BCUT2D eigenvalue weighted by Crippen LogP contribution is 2.25. The number of nitrogens with one attached hydrogen (secondary N) is 1. The molecule has 25 heavy (non-hydrogen) atoms. The molecule has 0 spiro atoms. The van der Waals surface area contributed by atoms with Crippen LogP contribution in [0.5, 0.6) is 5.75 Å². The molecule has 5 nitrogen and oxygen atoms in total. The third kappa shape index (κ3) is 3.50. The Hall–Kier alpha value is -2.82. The van der Waals surface area contributed by atoms with Crippen LogP contribution in [0.3, 0.4) is 0 Å². The molecule has 0 saturated carbocycles. The van der Waals surface area contributed by atoms with Gasteiger partial charge in [0, 0.05) is 18.7 Å². The van der Waals surface area contributed by atoms with Crippen LogP contribution in [0.25, 0.3) is 0 Å². The number of carbonyl (C=O) groups is 2. The number of carbonyl (C=O) groups excluding carboxylic acids is 2. The molecule has 0 aromatic heterocycles. The number of hydrogen-bond acceptors (Lipinski definition) is 3. The van der Waals surface area contributed by atoms with E-state index >= 15 is 0 Å². The number of para-hydroxylation sites is 1. The fraction of sp³-hybridized carbons (Fsp3) is 0.300. The summed E-state index contributed by atoms with van der Waals surface area (Å²) < 4.78 is 5.23. The summed E-state index contributed by atoms with van der Waals surface area (Å²) in [7, 11) is 1.53. The molecule has 1 atom stereocenters. The Bertz CT molecular complexity index is 816. The van der Waals surface area contributed by atoms with Gasteiger partial charge in [-0.15, -0.1) is 0 Å². The Morgan fingerprint density at radius 3 is 2.64 bits per heavy atom. The molecule has 2 aromatic rings. The lowest BCUT2D eigenvalue weighted by Crippen LogP contribution is -2.37. The number of nitrogens with zero attached hydrogens (tertiary/aromatic N) is 1. The zero-order chi connectivity index (χ0) is 18.0. The second-order valence-corrected chi connectivity index (χ2v) is 6.35. The van der Waals surface area contributed by atoms with Crippen molar-refractivity contribution in [3.05, 3.63) is 59.2 Å². The highest BCUT2D eigenvalue weighted by Gasteiger charge is 2.32. The van der Waals surface area contributed by atoms with Gasteiger partial charge in [-0.1, -0.05) is 18.2 Å². The summed E-state index contributed by atoms with van der Waals surface area (Å²) in [6.07, 6.45) is 0.299. The number of methoxy groups -OCH3 is 1. The van der Waals surface area contributed by atoms with Crippen LogP contribution in [0.1, 0.15) is 27.9 Å². The highest BCUT2D eigenvalue weighted by molar-refractivity contribution is 6.00. The Morgan fingerprint density at radius 1 is 1.16 bits per heavy atom. The monoisotopic (exact) mass is 338 g/mol. The molecule has 1 aliphatic heterocycles. The van der Waals surface area contributed by atoms with E-state index in [9.17, 15) is 9.59 Å². The normalized spacial score (nSPS) is 16.8. The van der Waals surface area contributed by atoms with Crippen LogP contribution in [-0.2, 0) is 4.79 Å². The first-order chi connectivity index (χ1) is 12.0. The molecule has 130 valence electrons. The average molecular weight is 338 g/mol. The SMILES string of the molecule is COc1ccccc1C(=O)N[C@@H]1CC(=O)N(c2ccc(C)c(C)c2)C1. The molecule has 0 unspecified atom stereocenters. The minimum atomic E-state index is -0.225. The zero-order valence-electron chi connectivity index (χ0n) is 14.7. The predicted molar refractivity (Wildman–Crippen MR) is 97.1 cm³/mol. The number of aryl methyl sites for hydroxylation is 2. The van der Waals surface area contributed by atoms with Gasteiger partial charge in [-0.2, -0.15) is 0 Å². The molecular weight excluding hydrogens is 316 g/mol. The number of ether oxygens (including phenoxy) is 1. The minimum absolute atomic E-state index is 0.0218. The number of anilines is 1. The van der Waals surface area contributed by atoms with Crippen LogP contribution in [0.2, 0.25) is 0 Å². The van der Waals surface area contributed by atoms with Gasteiger partial charge >= 0.3 is 0 Å². The first-order valence-corrected chi connectivity index (χ1v) is 8.31. The maximum atomic E-state index is 12.5. The summed E-state index contributed by atoms with van der Waals surface area (Å²) in [5.41, 5.74) is 3.69. The predicted octanol–water partition coefficient (Wildman–Crippen LogP) is 2.85. The van der Waals surface area contributed by atoms with Crippen LogP contribution < -0.4 is 15.0 Å². The molecule has 2 amide bonds. The molecular formula is C20H22N2O3. The number of rotatable bonds is 4. The maximum Gasteiger partial charge on any atom is 0.255 e. The van der Waals surface area contributed by atoms with Crippen LogP contribution in [0.4, 0.5) is 5.69 Å². The molecule has 1 heterocycles. The lowest BCUT2D eigenvalue weighted by atomic mass is 10.1. The summed E-state index contributed by atoms with van der Waals surface area (Å²) in [6.45, 7) is 4.55. The third-order valence-electron chi connectivity index (χ3n) is 4.61. The average Bonchev–Trinajstić information content (AvgIpc) is 2.97. The van der Waals surface area contributed by atoms with E-state index in [2.05, 4.69) is 5.32 Å². The molecule has 0 radical (unpaired) electrons. The quantitative estimate of drug-likeness (QED) is 0.932. The van der Waals surface area contributed by atoms with Crippen molar-refractivity contribution in [3.8, 4) is 5.75 Å². The van der Waals surface area contributed by atoms with Gasteiger partial charge < -0.3 is 15.0 Å². The fourth-order valence-corrected chi connectivity index (χ4v) is 3.04. The van der Waals surface area contributed by atoms with Crippen molar-refractivity contribution in [1.82, 2.24) is 5.32 Å². The molecule has 5 heteroatoms. The molecule has 0 aliphatic carbocycles. The molecule has 1 aliphatic rings. The molecule has 1 N–H and O–H groups in total. The highest BCUT2D eigenvalue weighted by atomic mass is 16.5. The number of benzene rings is 2. The molecule has 3 rings (SSSR count). The fourth-order valence-electron chi connectivity index (χ4n) is 3.04. The number of amides is 2. The van der Waals surface area contributed by atoms with Crippen molar-refractivity contribution in [2.75, 3.05) is 18.6 Å². The van der Waals surface area contributed by atoms with Gasteiger partial charge in [-0.25, -0.2) is 0 Å². The van der Waals surface area contributed by atoms with Crippen LogP contribution >= 0.6 is 0 Å². The van der Waals surface area contributed by atoms with Gasteiger partial charge in [0.2, 0.25) is 5.91 Å². The first kappa shape index (κ1) is 17.0. The van der Waals surface area contributed by atoms with Crippen molar-refractivity contribution in [3.63, 3.8) is 0 Å². The third-order valence-corrected chi connectivity index (χ3v) is 4.61. The van der Waals surface area contributed by atoms with Crippen LogP contribution in [0.15, 0.2) is 42.5 Å². The lowest BCUT2D eigenvalue weighted by Gasteiger charge is -2.18. The molecule has 0 bridgehead atoms. The van der Waals surface area contributed by atoms with Crippen molar-refractivity contribution < 1.29 is 14.3 Å². The summed E-state index contributed by atoms with van der Waals surface area (Å²) >= 11 is 0. The van der Waals surface area contributed by atoms with Gasteiger partial charge in [0.15, 0.2) is 0 Å². The first-order valence-electron chi connectivity index (χ1n) is 8.31. The van der Waals surface area contributed by atoms with Gasteiger partial charge in [0.1, 0.15) is 5.75 Å². The van der Waals surface area contributed by atoms with Crippen molar-refractivity contribution in [2.45, 2.75) is 26.3 Å². The summed E-state index contributed by atoms with van der Waals surface area (Å²) in [6, 6.07) is 12.8. The molecule has 1 fully saturated rings. The van der Waals surface area contributed by atoms with Crippen LogP contribution in [-0.4, -0.2) is 31.5 Å². The van der Waals surface area contributed by atoms with Gasteiger partial charge in [-0.3, -0.25) is 9.59 Å². The van der Waals surface area contributed by atoms with E-state index in [1.54, 1.807) is 23.1 Å². The van der Waals surface area contributed by atoms with Crippen molar-refractivity contribution in [1.29, 1.82) is 0 Å². The summed E-state index contributed by atoms with van der Waals surface area (Å²) in [4.78, 5) is 26.6. The van der Waals surface area contributed by atoms with Crippen molar-refractivity contribution in [2.24, 2.45) is 0 Å². The topological polar surface area (TPSA) is 58.6 Å². The summed E-state index contributed by atoms with van der Waals surface area (Å²) in [5.74, 6) is 0.320. The lowest BCUT2D eigenvalue weighted by molar-refractivity contribution is -0.117. The van der Waals surface area contributed by atoms with Crippen LogP contribution in [0, 0.1) is 13.8 Å². The Balaban J connectivity index is 1.72. The summed E-state index contributed by atoms with van der Waals surface area (Å²) in [5, 5.41) is 2.94.